The fourth-order valence-corrected chi connectivity index (χ4v) is 3.12. The smallest absolute Gasteiger partial charge is 0.330 e. The molecule has 2 rings (SSSR count). The Morgan fingerprint density at radius 2 is 2.13 bits per heavy atom. The number of hydrogen-bond acceptors (Lipinski definition) is 3. The van der Waals surface area contributed by atoms with E-state index in [-0.39, 0.29) is 23.1 Å². The second-order valence-electron chi connectivity index (χ2n) is 6.16. The number of carbonyl (C=O) groups is 2. The van der Waals surface area contributed by atoms with Crippen molar-refractivity contribution < 1.29 is 23.8 Å². The average Bonchev–Trinajstić information content (AvgIpc) is 2.48. The molecule has 7 heteroatoms. The molecule has 1 amide bonds. The Morgan fingerprint density at radius 3 is 2.61 bits per heavy atom. The monoisotopic (exact) mass is 343 g/mol. The molecule has 5 nitrogen and oxygen atoms in total. The molecule has 126 valence electrons. The van der Waals surface area contributed by atoms with E-state index >= 15 is 0 Å². The van der Waals surface area contributed by atoms with E-state index in [0.717, 1.165) is 6.07 Å². The highest BCUT2D eigenvalue weighted by Gasteiger charge is 2.66. The van der Waals surface area contributed by atoms with Crippen LogP contribution in [0.15, 0.2) is 18.2 Å². The van der Waals surface area contributed by atoms with Crippen LogP contribution in [0, 0.1) is 11.2 Å². The van der Waals surface area contributed by atoms with E-state index in [9.17, 15) is 19.1 Å². The Balaban J connectivity index is 2.26. The van der Waals surface area contributed by atoms with Crippen LogP contribution in [0.25, 0.3) is 0 Å². The number of aliphatic carboxylic acids is 1. The second kappa shape index (κ2) is 6.09. The van der Waals surface area contributed by atoms with E-state index in [1.54, 1.807) is 13.8 Å². The van der Waals surface area contributed by atoms with E-state index in [2.05, 4.69) is 5.32 Å². The maximum atomic E-state index is 13.2. The van der Waals surface area contributed by atoms with Crippen molar-refractivity contribution in [1.82, 2.24) is 5.32 Å². The van der Waals surface area contributed by atoms with E-state index in [1.165, 1.54) is 12.1 Å². The molecular formula is C16H19ClFNO4. The van der Waals surface area contributed by atoms with Gasteiger partial charge in [-0.1, -0.05) is 25.4 Å². The summed E-state index contributed by atoms with van der Waals surface area (Å²) in [5, 5.41) is 12.0. The molecule has 1 aromatic rings. The van der Waals surface area contributed by atoms with Crippen molar-refractivity contribution in [3.8, 4) is 0 Å². The Morgan fingerprint density at radius 1 is 1.48 bits per heavy atom. The summed E-state index contributed by atoms with van der Waals surface area (Å²) in [5.74, 6) is -2.38. The maximum absolute atomic E-state index is 13.2. The van der Waals surface area contributed by atoms with Gasteiger partial charge in [0.25, 0.3) is 5.91 Å². The first-order chi connectivity index (χ1) is 10.7. The third-order valence-corrected chi connectivity index (χ3v) is 4.93. The first-order valence-electron chi connectivity index (χ1n) is 7.28. The molecule has 0 unspecified atom stereocenters. The largest absolute Gasteiger partial charge is 0.479 e. The Hall–Kier alpha value is -1.66. The molecule has 0 heterocycles. The molecule has 23 heavy (non-hydrogen) atoms. The summed E-state index contributed by atoms with van der Waals surface area (Å²) in [5.41, 5.74) is -2.12. The average molecular weight is 344 g/mol. The summed E-state index contributed by atoms with van der Waals surface area (Å²) in [6.45, 7) is 5.77. The second-order valence-corrected chi connectivity index (χ2v) is 6.57. The summed E-state index contributed by atoms with van der Waals surface area (Å²) >= 11 is 5.67. The fraction of sp³-hybridized carbons (Fsp3) is 0.500. The number of carboxylic acids is 1. The summed E-state index contributed by atoms with van der Waals surface area (Å²) < 4.78 is 18.7. The zero-order chi connectivity index (χ0) is 17.4. The van der Waals surface area contributed by atoms with Gasteiger partial charge in [-0.2, -0.15) is 0 Å². The minimum Gasteiger partial charge on any atom is -0.479 e. The van der Waals surface area contributed by atoms with E-state index < -0.39 is 28.6 Å². The highest BCUT2D eigenvalue weighted by atomic mass is 35.5. The first kappa shape index (κ1) is 17.7. The molecular weight excluding hydrogens is 325 g/mol. The quantitative estimate of drug-likeness (QED) is 0.862. The van der Waals surface area contributed by atoms with Crippen molar-refractivity contribution in [1.29, 1.82) is 0 Å². The molecule has 0 aromatic heterocycles. The summed E-state index contributed by atoms with van der Waals surface area (Å²) in [6.07, 6.45) is -0.0928. The number of carboxylic acid groups (broad SMARTS) is 1. The minimum atomic E-state index is -1.44. The van der Waals surface area contributed by atoms with Gasteiger partial charge in [0.1, 0.15) is 11.4 Å². The van der Waals surface area contributed by atoms with Gasteiger partial charge < -0.3 is 15.2 Å². The third-order valence-electron chi connectivity index (χ3n) is 4.64. The highest BCUT2D eigenvalue weighted by molar-refractivity contribution is 6.31. The highest BCUT2D eigenvalue weighted by Crippen LogP contribution is 2.51. The van der Waals surface area contributed by atoms with E-state index in [0.29, 0.717) is 6.61 Å². The van der Waals surface area contributed by atoms with Gasteiger partial charge >= 0.3 is 5.97 Å². The van der Waals surface area contributed by atoms with Gasteiger partial charge in [0.2, 0.25) is 0 Å². The van der Waals surface area contributed by atoms with Gasteiger partial charge in [-0.15, -0.1) is 0 Å². The zero-order valence-electron chi connectivity index (χ0n) is 13.2. The SMILES string of the molecule is CCO[C@@H]1C[C@@](NC(=O)c2ccc(F)c(Cl)c2)(C(=O)O)C1(C)C. The third kappa shape index (κ3) is 2.81. The number of amides is 1. The number of hydrogen-bond donors (Lipinski definition) is 2. The van der Waals surface area contributed by atoms with Gasteiger partial charge in [0.05, 0.1) is 11.1 Å². The van der Waals surface area contributed by atoms with Gasteiger partial charge in [0, 0.05) is 24.0 Å². The number of rotatable bonds is 5. The lowest BCUT2D eigenvalue weighted by molar-refractivity contribution is -0.190. The topological polar surface area (TPSA) is 75.6 Å². The number of halogens is 2. The molecule has 0 spiro atoms. The van der Waals surface area contributed by atoms with Crippen LogP contribution in [0.1, 0.15) is 37.6 Å². The van der Waals surface area contributed by atoms with Crippen LogP contribution in [0.2, 0.25) is 5.02 Å². The fourth-order valence-electron chi connectivity index (χ4n) is 2.94. The molecule has 1 aromatic carbocycles. The first-order valence-corrected chi connectivity index (χ1v) is 7.66. The van der Waals surface area contributed by atoms with Gasteiger partial charge in [0.15, 0.2) is 0 Å². The zero-order valence-corrected chi connectivity index (χ0v) is 13.9. The number of benzene rings is 1. The number of ether oxygens (including phenoxy) is 1. The van der Waals surface area contributed by atoms with Crippen molar-refractivity contribution in [3.05, 3.63) is 34.6 Å². The molecule has 0 radical (unpaired) electrons. The molecule has 2 atom stereocenters. The van der Waals surface area contributed by atoms with Crippen molar-refractivity contribution in [2.45, 2.75) is 38.8 Å². The lowest BCUT2D eigenvalue weighted by Gasteiger charge is -2.58. The normalized spacial score (nSPS) is 25.5. The predicted molar refractivity (Wildman–Crippen MR) is 83.1 cm³/mol. The van der Waals surface area contributed by atoms with Gasteiger partial charge in [-0.3, -0.25) is 4.79 Å². The number of nitrogens with one attached hydrogen (secondary N) is 1. The maximum Gasteiger partial charge on any atom is 0.330 e. The van der Waals surface area contributed by atoms with Crippen LogP contribution >= 0.6 is 11.6 Å². The Bertz CT molecular complexity index is 649. The Labute approximate surface area is 138 Å². The molecule has 2 N–H and O–H groups in total. The van der Waals surface area contributed by atoms with Crippen LogP contribution in [-0.2, 0) is 9.53 Å². The summed E-state index contributed by atoms with van der Waals surface area (Å²) in [4.78, 5) is 24.2. The van der Waals surface area contributed by atoms with Crippen molar-refractivity contribution >= 4 is 23.5 Å². The summed E-state index contributed by atoms with van der Waals surface area (Å²) in [6, 6.07) is 3.50. The molecule has 0 saturated heterocycles. The Kier molecular flexibility index (Phi) is 4.69. The predicted octanol–water partition coefficient (Wildman–Crippen LogP) is 2.87. The van der Waals surface area contributed by atoms with Crippen molar-refractivity contribution in [2.24, 2.45) is 5.41 Å². The van der Waals surface area contributed by atoms with Crippen LogP contribution in [-0.4, -0.2) is 35.2 Å². The van der Waals surface area contributed by atoms with Crippen molar-refractivity contribution in [2.75, 3.05) is 6.61 Å². The molecule has 1 fully saturated rings. The molecule has 1 aliphatic carbocycles. The standard InChI is InChI=1S/C16H19ClFNO4/c1-4-23-12-8-16(14(21)22,15(12,2)3)19-13(20)9-5-6-11(18)10(17)7-9/h5-7,12H,4,8H2,1-3H3,(H,19,20)(H,21,22)/t12-,16-/m1/s1. The minimum absolute atomic E-state index is 0.104. The van der Waals surface area contributed by atoms with Crippen LogP contribution in [0.3, 0.4) is 0 Å². The van der Waals surface area contributed by atoms with Gasteiger partial charge in [-0.25, -0.2) is 9.18 Å². The van der Waals surface area contributed by atoms with Crippen molar-refractivity contribution in [3.63, 3.8) is 0 Å². The molecule has 1 aliphatic rings. The summed E-state index contributed by atoms with van der Waals surface area (Å²) in [7, 11) is 0. The van der Waals surface area contributed by atoms with Crippen LogP contribution < -0.4 is 5.32 Å². The van der Waals surface area contributed by atoms with Crippen LogP contribution in [0.4, 0.5) is 4.39 Å². The lowest BCUT2D eigenvalue weighted by atomic mass is 9.54. The van der Waals surface area contributed by atoms with E-state index in [1.807, 2.05) is 6.92 Å². The molecule has 0 bridgehead atoms. The molecule has 0 aliphatic heterocycles. The molecule has 1 saturated carbocycles. The lowest BCUT2D eigenvalue weighted by Crippen LogP contribution is -2.76. The van der Waals surface area contributed by atoms with Crippen LogP contribution in [0.5, 0.6) is 0 Å². The van der Waals surface area contributed by atoms with E-state index in [4.69, 9.17) is 16.3 Å². The number of carbonyl (C=O) groups excluding carboxylic acids is 1. The van der Waals surface area contributed by atoms with Gasteiger partial charge in [-0.05, 0) is 25.1 Å².